The minimum Gasteiger partial charge on any atom is -0.331 e. The van der Waals surface area contributed by atoms with Gasteiger partial charge in [-0.3, -0.25) is 15.6 Å². The van der Waals surface area contributed by atoms with Crippen LogP contribution in [0.2, 0.25) is 0 Å². The van der Waals surface area contributed by atoms with Crippen LogP contribution < -0.4 is 16.2 Å². The highest BCUT2D eigenvalue weighted by molar-refractivity contribution is 7.98. The van der Waals surface area contributed by atoms with Gasteiger partial charge in [-0.2, -0.15) is 11.8 Å². The second-order valence-corrected chi connectivity index (χ2v) is 7.39. The first-order valence-electron chi connectivity index (χ1n) is 8.19. The Balaban J connectivity index is 1.64. The fraction of sp³-hybridized carbons (Fsp3) is 0.263. The van der Waals surface area contributed by atoms with E-state index in [-0.39, 0.29) is 11.7 Å². The van der Waals surface area contributed by atoms with Crippen LogP contribution in [0.5, 0.6) is 0 Å². The Morgan fingerprint density at radius 2 is 1.96 bits per heavy atom. The molecule has 0 radical (unpaired) electrons. The van der Waals surface area contributed by atoms with Crippen LogP contribution in [0.3, 0.4) is 0 Å². The van der Waals surface area contributed by atoms with Crippen molar-refractivity contribution in [3.05, 3.63) is 65.0 Å². The van der Waals surface area contributed by atoms with Crippen molar-refractivity contribution in [3.8, 4) is 0 Å². The van der Waals surface area contributed by atoms with Gasteiger partial charge in [0.25, 0.3) is 0 Å². The molecule has 138 valence electrons. The monoisotopic (exact) mass is 391 g/mol. The molecule has 7 heteroatoms. The van der Waals surface area contributed by atoms with E-state index in [1.807, 2.05) is 32.0 Å². The van der Waals surface area contributed by atoms with E-state index in [1.165, 1.54) is 17.7 Å². The van der Waals surface area contributed by atoms with E-state index in [0.717, 1.165) is 16.8 Å². The number of hydrogen-bond acceptors (Lipinski definition) is 3. The van der Waals surface area contributed by atoms with Crippen molar-refractivity contribution in [3.63, 3.8) is 0 Å². The lowest BCUT2D eigenvalue weighted by Crippen LogP contribution is -2.43. The molecule has 0 aliphatic heterocycles. The molecule has 0 bridgehead atoms. The maximum atomic E-state index is 13.1. The molecule has 0 heterocycles. The first-order valence-corrected chi connectivity index (χ1v) is 9.75. The average molecular weight is 392 g/mol. The van der Waals surface area contributed by atoms with E-state index in [4.69, 9.17) is 12.2 Å². The quantitative estimate of drug-likeness (QED) is 0.393. The van der Waals surface area contributed by atoms with E-state index in [9.17, 15) is 9.18 Å². The minimum atomic E-state index is -0.241. The molecule has 0 aliphatic carbocycles. The third-order valence-corrected chi connectivity index (χ3v) is 4.81. The lowest BCUT2D eigenvalue weighted by Gasteiger charge is -2.13. The van der Waals surface area contributed by atoms with Crippen LogP contribution >= 0.6 is 24.0 Å². The molecule has 26 heavy (non-hydrogen) atoms. The summed E-state index contributed by atoms with van der Waals surface area (Å²) in [5.74, 6) is 0.920. The Hall–Kier alpha value is -2.12. The zero-order valence-corrected chi connectivity index (χ0v) is 16.4. The van der Waals surface area contributed by atoms with Gasteiger partial charge in [0.1, 0.15) is 5.82 Å². The van der Waals surface area contributed by atoms with E-state index in [0.29, 0.717) is 23.0 Å². The van der Waals surface area contributed by atoms with Crippen molar-refractivity contribution < 1.29 is 9.18 Å². The maximum Gasteiger partial charge on any atom is 0.239 e. The third kappa shape index (κ3) is 7.01. The highest BCUT2D eigenvalue weighted by Gasteiger charge is 2.05. The molecule has 3 N–H and O–H groups in total. The molecule has 0 saturated heterocycles. The maximum absolute atomic E-state index is 13.1. The van der Waals surface area contributed by atoms with Gasteiger partial charge in [0.05, 0.1) is 0 Å². The zero-order chi connectivity index (χ0) is 18.9. The Morgan fingerprint density at radius 3 is 2.69 bits per heavy atom. The fourth-order valence-electron chi connectivity index (χ4n) is 2.28. The Labute approximate surface area is 162 Å². The summed E-state index contributed by atoms with van der Waals surface area (Å²) < 4.78 is 13.1. The van der Waals surface area contributed by atoms with E-state index in [2.05, 4.69) is 22.2 Å². The second-order valence-electron chi connectivity index (χ2n) is 5.88. The van der Waals surface area contributed by atoms with Crippen molar-refractivity contribution in [2.24, 2.45) is 0 Å². The summed E-state index contributed by atoms with van der Waals surface area (Å²) in [6, 6.07) is 12.5. The number of rotatable bonds is 6. The molecule has 4 nitrogen and oxygen atoms in total. The summed E-state index contributed by atoms with van der Waals surface area (Å²) in [4.78, 5) is 11.8. The first-order chi connectivity index (χ1) is 12.4. The molecule has 0 fully saturated rings. The number of thiocarbonyl (C=S) groups is 1. The largest absolute Gasteiger partial charge is 0.331 e. The lowest BCUT2D eigenvalue weighted by molar-refractivity contribution is -0.121. The van der Waals surface area contributed by atoms with Crippen LogP contribution in [0.4, 0.5) is 10.1 Å². The van der Waals surface area contributed by atoms with Crippen molar-refractivity contribution in [2.75, 3.05) is 11.1 Å². The summed E-state index contributed by atoms with van der Waals surface area (Å²) in [7, 11) is 0. The van der Waals surface area contributed by atoms with Gasteiger partial charge in [-0.1, -0.05) is 29.8 Å². The molecular weight excluding hydrogens is 369 g/mol. The number of nitrogens with one attached hydrogen (secondary N) is 3. The van der Waals surface area contributed by atoms with Crippen LogP contribution in [-0.4, -0.2) is 16.8 Å². The van der Waals surface area contributed by atoms with Crippen molar-refractivity contribution in [2.45, 2.75) is 26.0 Å². The summed E-state index contributed by atoms with van der Waals surface area (Å²) in [6.07, 6.45) is 0.346. The SMILES string of the molecule is Cc1ccc(NC(=S)NNC(=O)CCSCc2cccc(F)c2)c(C)c1. The fourth-order valence-corrected chi connectivity index (χ4v) is 3.33. The van der Waals surface area contributed by atoms with Crippen molar-refractivity contribution >= 4 is 40.7 Å². The molecule has 2 aromatic rings. The molecule has 0 atom stereocenters. The van der Waals surface area contributed by atoms with Crippen molar-refractivity contribution in [1.82, 2.24) is 10.9 Å². The Morgan fingerprint density at radius 1 is 1.15 bits per heavy atom. The number of halogens is 1. The van der Waals surface area contributed by atoms with Crippen molar-refractivity contribution in [1.29, 1.82) is 0 Å². The minimum absolute atomic E-state index is 0.151. The smallest absolute Gasteiger partial charge is 0.239 e. The van der Waals surface area contributed by atoms with Gasteiger partial charge in [-0.05, 0) is 55.4 Å². The van der Waals surface area contributed by atoms with Gasteiger partial charge in [0.15, 0.2) is 5.11 Å². The summed E-state index contributed by atoms with van der Waals surface area (Å²) in [5, 5.41) is 3.38. The van der Waals surface area contributed by atoms with Crippen LogP contribution in [0.1, 0.15) is 23.1 Å². The molecule has 0 unspecified atom stereocenters. The Bertz CT molecular complexity index is 783. The molecule has 0 saturated carbocycles. The number of benzene rings is 2. The third-order valence-electron chi connectivity index (χ3n) is 3.58. The first kappa shape index (κ1) is 20.2. The number of carbonyl (C=O) groups is 1. The number of anilines is 1. The molecule has 2 rings (SSSR count). The number of aryl methyl sites for hydroxylation is 2. The van der Waals surface area contributed by atoms with Crippen LogP contribution in [-0.2, 0) is 10.5 Å². The summed E-state index contributed by atoms with van der Waals surface area (Å²) in [6.45, 7) is 4.02. The molecule has 1 amide bonds. The Kier molecular flexibility index (Phi) is 7.87. The highest BCUT2D eigenvalue weighted by atomic mass is 32.2. The number of thioether (sulfide) groups is 1. The molecular formula is C19H22FN3OS2. The highest BCUT2D eigenvalue weighted by Crippen LogP contribution is 2.16. The van der Waals surface area contributed by atoms with Crippen LogP contribution in [0.15, 0.2) is 42.5 Å². The normalized spacial score (nSPS) is 10.3. The van der Waals surface area contributed by atoms with Gasteiger partial charge in [-0.15, -0.1) is 0 Å². The number of hydrogen-bond donors (Lipinski definition) is 3. The summed E-state index contributed by atoms with van der Waals surface area (Å²) in [5.41, 5.74) is 9.34. The molecule has 0 aromatic heterocycles. The topological polar surface area (TPSA) is 53.2 Å². The van der Waals surface area contributed by atoms with Gasteiger partial charge in [0.2, 0.25) is 5.91 Å². The molecule has 0 aliphatic rings. The lowest BCUT2D eigenvalue weighted by atomic mass is 10.1. The van der Waals surface area contributed by atoms with Crippen LogP contribution in [0, 0.1) is 19.7 Å². The number of amides is 1. The van der Waals surface area contributed by atoms with E-state index >= 15 is 0 Å². The van der Waals surface area contributed by atoms with Crippen LogP contribution in [0.25, 0.3) is 0 Å². The zero-order valence-electron chi connectivity index (χ0n) is 14.8. The van der Waals surface area contributed by atoms with Gasteiger partial charge >= 0.3 is 0 Å². The number of hydrazine groups is 1. The van der Waals surface area contributed by atoms with Gasteiger partial charge in [-0.25, -0.2) is 4.39 Å². The standard InChI is InChI=1S/C19H22FN3OS2/c1-13-6-7-17(14(2)10-13)21-19(25)23-22-18(24)8-9-26-12-15-4-3-5-16(20)11-15/h3-7,10-11H,8-9,12H2,1-2H3,(H,22,24)(H2,21,23,25). The average Bonchev–Trinajstić information content (AvgIpc) is 2.59. The second kappa shape index (κ2) is 10.1. The van der Waals surface area contributed by atoms with Gasteiger partial charge in [0, 0.05) is 23.6 Å². The predicted molar refractivity (Wildman–Crippen MR) is 111 cm³/mol. The summed E-state index contributed by atoms with van der Waals surface area (Å²) >= 11 is 6.76. The van der Waals surface area contributed by atoms with E-state index < -0.39 is 0 Å². The van der Waals surface area contributed by atoms with Gasteiger partial charge < -0.3 is 5.32 Å². The number of carbonyl (C=O) groups excluding carboxylic acids is 1. The van der Waals surface area contributed by atoms with E-state index in [1.54, 1.807) is 17.8 Å². The predicted octanol–water partition coefficient (Wildman–Crippen LogP) is 4.08. The molecule has 2 aromatic carbocycles. The molecule has 0 spiro atoms.